The second-order valence-electron chi connectivity index (χ2n) is 5.47. The van der Waals surface area contributed by atoms with E-state index in [4.69, 9.17) is 9.26 Å². The van der Waals surface area contributed by atoms with Gasteiger partial charge in [0.25, 0.3) is 0 Å². The molecule has 3 rings (SSSR count). The van der Waals surface area contributed by atoms with Crippen molar-refractivity contribution in [3.63, 3.8) is 0 Å². The van der Waals surface area contributed by atoms with E-state index in [0.717, 1.165) is 30.7 Å². The first kappa shape index (κ1) is 15.0. The van der Waals surface area contributed by atoms with E-state index in [0.29, 0.717) is 31.4 Å². The van der Waals surface area contributed by atoms with Gasteiger partial charge in [-0.1, -0.05) is 17.3 Å². The Bertz CT molecular complexity index is 614. The molecule has 0 spiro atoms. The largest absolute Gasteiger partial charge is 0.493 e. The van der Waals surface area contributed by atoms with Crippen LogP contribution in [-0.2, 0) is 6.54 Å². The quantitative estimate of drug-likeness (QED) is 0.912. The third-order valence-corrected chi connectivity index (χ3v) is 3.74. The van der Waals surface area contributed by atoms with Crippen LogP contribution in [-0.4, -0.2) is 45.9 Å². The molecule has 2 aromatic rings. The number of likely N-dealkylation sites (tertiary alicyclic amines) is 1. The number of hydrogen-bond donors (Lipinski definition) is 1. The lowest BCUT2D eigenvalue weighted by molar-refractivity contribution is 0.0613. The summed E-state index contributed by atoms with van der Waals surface area (Å²) < 4.78 is 10.9. The van der Waals surface area contributed by atoms with Gasteiger partial charge in [-0.05, 0) is 38.4 Å². The van der Waals surface area contributed by atoms with Gasteiger partial charge in [-0.15, -0.1) is 0 Å². The highest BCUT2D eigenvalue weighted by Crippen LogP contribution is 2.27. The third-order valence-electron chi connectivity index (χ3n) is 3.74. The van der Waals surface area contributed by atoms with Crippen molar-refractivity contribution >= 4 is 0 Å². The molecule has 0 saturated carbocycles. The van der Waals surface area contributed by atoms with Gasteiger partial charge in [-0.25, -0.2) is 0 Å². The number of nitrogens with zero attached hydrogens (tertiary/aromatic N) is 3. The van der Waals surface area contributed by atoms with E-state index in [1.54, 1.807) is 0 Å². The Morgan fingerprint density at radius 1 is 1.41 bits per heavy atom. The highest BCUT2D eigenvalue weighted by Gasteiger charge is 2.20. The second kappa shape index (κ2) is 6.89. The van der Waals surface area contributed by atoms with E-state index in [1.165, 1.54) is 0 Å². The van der Waals surface area contributed by atoms with Gasteiger partial charge in [-0.2, -0.15) is 4.98 Å². The van der Waals surface area contributed by atoms with Crippen molar-refractivity contribution in [2.24, 2.45) is 0 Å². The predicted octanol–water partition coefficient (Wildman–Crippen LogP) is 2.09. The molecule has 0 unspecified atom stereocenters. The van der Waals surface area contributed by atoms with Crippen molar-refractivity contribution in [2.45, 2.75) is 32.4 Å². The molecule has 0 radical (unpaired) electrons. The maximum absolute atomic E-state index is 9.71. The minimum Gasteiger partial charge on any atom is -0.493 e. The molecule has 1 aromatic heterocycles. The average Bonchev–Trinajstić information content (AvgIpc) is 2.96. The molecule has 1 fully saturated rings. The normalized spacial score (nSPS) is 19.3. The minimum absolute atomic E-state index is 0.255. The first-order valence-electron chi connectivity index (χ1n) is 7.71. The topological polar surface area (TPSA) is 71.6 Å². The van der Waals surface area contributed by atoms with Crippen LogP contribution in [0.25, 0.3) is 11.4 Å². The molecular weight excluding hydrogens is 282 g/mol. The van der Waals surface area contributed by atoms with E-state index in [9.17, 15) is 5.11 Å². The van der Waals surface area contributed by atoms with E-state index in [2.05, 4.69) is 15.0 Å². The summed E-state index contributed by atoms with van der Waals surface area (Å²) in [6.45, 7) is 4.71. The van der Waals surface area contributed by atoms with Crippen LogP contribution in [0.2, 0.25) is 0 Å². The number of ether oxygens (including phenoxy) is 1. The van der Waals surface area contributed by atoms with Gasteiger partial charge in [0.2, 0.25) is 11.7 Å². The summed E-state index contributed by atoms with van der Waals surface area (Å²) in [6, 6.07) is 7.67. The highest BCUT2D eigenvalue weighted by atomic mass is 16.5. The van der Waals surface area contributed by atoms with E-state index in [-0.39, 0.29) is 6.10 Å². The van der Waals surface area contributed by atoms with Crippen LogP contribution >= 0.6 is 0 Å². The first-order chi connectivity index (χ1) is 10.8. The van der Waals surface area contributed by atoms with Crippen LogP contribution in [0.15, 0.2) is 28.8 Å². The van der Waals surface area contributed by atoms with Crippen LogP contribution in [0, 0.1) is 0 Å². The van der Waals surface area contributed by atoms with Crippen molar-refractivity contribution in [2.75, 3.05) is 19.7 Å². The molecule has 1 aliphatic heterocycles. The molecule has 22 heavy (non-hydrogen) atoms. The lowest BCUT2D eigenvalue weighted by Gasteiger charge is -2.28. The zero-order valence-electron chi connectivity index (χ0n) is 12.7. The molecule has 1 saturated heterocycles. The molecular formula is C16H21N3O3. The summed E-state index contributed by atoms with van der Waals surface area (Å²) >= 11 is 0. The highest BCUT2D eigenvalue weighted by molar-refractivity contribution is 5.63. The number of β-amino-alcohol motifs (C(OH)–C–C–N with tert-alkyl or cyclic N) is 1. The standard InChI is InChI=1S/C16H21N3O3/c1-2-21-14-8-4-3-7-13(14)16-17-15(22-18-16)11-19-9-5-6-12(20)10-19/h3-4,7-8,12,20H,2,5-6,9-11H2,1H3/t12-/m0/s1. The fraction of sp³-hybridized carbons (Fsp3) is 0.500. The summed E-state index contributed by atoms with van der Waals surface area (Å²) in [5.41, 5.74) is 0.832. The van der Waals surface area contributed by atoms with E-state index >= 15 is 0 Å². The summed E-state index contributed by atoms with van der Waals surface area (Å²) in [7, 11) is 0. The summed E-state index contributed by atoms with van der Waals surface area (Å²) in [6.07, 6.45) is 1.61. The average molecular weight is 303 g/mol. The Morgan fingerprint density at radius 2 is 2.27 bits per heavy atom. The molecule has 0 aliphatic carbocycles. The summed E-state index contributed by atoms with van der Waals surface area (Å²) in [5.74, 6) is 1.86. The van der Waals surface area contributed by atoms with Gasteiger partial charge < -0.3 is 14.4 Å². The summed E-state index contributed by atoms with van der Waals surface area (Å²) in [5, 5.41) is 13.8. The van der Waals surface area contributed by atoms with Gasteiger partial charge in [0.15, 0.2) is 0 Å². The van der Waals surface area contributed by atoms with Crippen LogP contribution in [0.5, 0.6) is 5.75 Å². The van der Waals surface area contributed by atoms with Crippen molar-refractivity contribution < 1.29 is 14.4 Å². The number of aromatic nitrogens is 2. The Labute approximate surface area is 129 Å². The van der Waals surface area contributed by atoms with Crippen molar-refractivity contribution in [3.05, 3.63) is 30.2 Å². The molecule has 1 aliphatic rings. The van der Waals surface area contributed by atoms with Crippen molar-refractivity contribution in [3.8, 4) is 17.1 Å². The van der Waals surface area contributed by atoms with Gasteiger partial charge in [0, 0.05) is 6.54 Å². The lowest BCUT2D eigenvalue weighted by atomic mass is 10.1. The Morgan fingerprint density at radius 3 is 3.09 bits per heavy atom. The molecule has 6 nitrogen and oxygen atoms in total. The van der Waals surface area contributed by atoms with Crippen molar-refractivity contribution in [1.29, 1.82) is 0 Å². The molecule has 0 bridgehead atoms. The van der Waals surface area contributed by atoms with E-state index < -0.39 is 0 Å². The zero-order valence-corrected chi connectivity index (χ0v) is 12.7. The molecule has 118 valence electrons. The van der Waals surface area contributed by atoms with Gasteiger partial charge >= 0.3 is 0 Å². The van der Waals surface area contributed by atoms with E-state index in [1.807, 2.05) is 31.2 Å². The second-order valence-corrected chi connectivity index (χ2v) is 5.47. The number of rotatable bonds is 5. The zero-order chi connectivity index (χ0) is 15.4. The van der Waals surface area contributed by atoms with Crippen LogP contribution in [0.1, 0.15) is 25.7 Å². The molecule has 6 heteroatoms. The number of aliphatic hydroxyl groups excluding tert-OH is 1. The minimum atomic E-state index is -0.255. The first-order valence-corrected chi connectivity index (χ1v) is 7.71. The Kier molecular flexibility index (Phi) is 4.70. The maximum Gasteiger partial charge on any atom is 0.241 e. The molecule has 1 atom stereocenters. The van der Waals surface area contributed by atoms with Gasteiger partial charge in [0.1, 0.15) is 5.75 Å². The van der Waals surface area contributed by atoms with Gasteiger partial charge in [0.05, 0.1) is 24.8 Å². The number of piperidine rings is 1. The smallest absolute Gasteiger partial charge is 0.241 e. The summed E-state index contributed by atoms with van der Waals surface area (Å²) in [4.78, 5) is 6.60. The number of benzene rings is 1. The van der Waals surface area contributed by atoms with Crippen LogP contribution in [0.3, 0.4) is 0 Å². The van der Waals surface area contributed by atoms with Crippen LogP contribution < -0.4 is 4.74 Å². The Balaban J connectivity index is 1.73. The molecule has 2 heterocycles. The lowest BCUT2D eigenvalue weighted by Crippen LogP contribution is -2.37. The monoisotopic (exact) mass is 303 g/mol. The maximum atomic E-state index is 9.71. The fourth-order valence-electron chi connectivity index (χ4n) is 2.73. The molecule has 1 N–H and O–H groups in total. The number of hydrogen-bond acceptors (Lipinski definition) is 6. The van der Waals surface area contributed by atoms with Crippen molar-refractivity contribution in [1.82, 2.24) is 15.0 Å². The van der Waals surface area contributed by atoms with Crippen LogP contribution in [0.4, 0.5) is 0 Å². The predicted molar refractivity (Wildman–Crippen MR) is 81.4 cm³/mol. The third kappa shape index (κ3) is 3.45. The number of aliphatic hydroxyl groups is 1. The fourth-order valence-corrected chi connectivity index (χ4v) is 2.73. The molecule has 0 amide bonds. The van der Waals surface area contributed by atoms with Gasteiger partial charge in [-0.3, -0.25) is 4.90 Å². The molecule has 1 aromatic carbocycles. The number of para-hydroxylation sites is 1. The Hall–Kier alpha value is -1.92. The SMILES string of the molecule is CCOc1ccccc1-c1noc(CN2CCC[C@H](O)C2)n1.